The maximum absolute atomic E-state index is 12.4. The molecule has 25 heavy (non-hydrogen) atoms. The van der Waals surface area contributed by atoms with E-state index in [0.717, 1.165) is 0 Å². The van der Waals surface area contributed by atoms with Crippen LogP contribution in [0.2, 0.25) is 0 Å². The van der Waals surface area contributed by atoms with Crippen molar-refractivity contribution in [3.05, 3.63) is 0 Å². The monoisotopic (exact) mass is 376 g/mol. The smallest absolute Gasteiger partial charge is 0.326 e. The normalized spacial score (nSPS) is 14.0. The van der Waals surface area contributed by atoms with E-state index < -0.39 is 35.9 Å². The number of aliphatic imine (C=N–C) groups is 1. The second kappa shape index (κ2) is 12.4. The zero-order valence-electron chi connectivity index (χ0n) is 14.5. The Labute approximate surface area is 151 Å². The van der Waals surface area contributed by atoms with E-state index in [1.54, 1.807) is 0 Å². The fourth-order valence-corrected chi connectivity index (χ4v) is 2.31. The van der Waals surface area contributed by atoms with Gasteiger partial charge in [0.1, 0.15) is 12.1 Å². The number of carbonyl (C=O) groups excluding carboxylic acids is 2. The standard InChI is InChI=1S/C14H28N6O4S/c1-8(15)11(21)19-9(5-7-25-2)12(22)20-10(13(23)24)4-3-6-18-14(16)17/h8-10H,3-7,15H2,1-2H3,(H,19,21)(H,20,22)(H,23,24)(H4,16,17,18). The third-order valence-electron chi connectivity index (χ3n) is 3.22. The molecule has 0 fully saturated rings. The van der Waals surface area contributed by atoms with Gasteiger partial charge in [0, 0.05) is 6.54 Å². The Morgan fingerprint density at radius 3 is 2.20 bits per heavy atom. The van der Waals surface area contributed by atoms with Gasteiger partial charge in [-0.05, 0) is 38.2 Å². The number of rotatable bonds is 12. The minimum atomic E-state index is -1.17. The van der Waals surface area contributed by atoms with Crippen LogP contribution in [0.5, 0.6) is 0 Å². The summed E-state index contributed by atoms with van der Waals surface area (Å²) < 4.78 is 0. The molecule has 9 N–H and O–H groups in total. The predicted molar refractivity (Wildman–Crippen MR) is 98.1 cm³/mol. The molecule has 0 aromatic heterocycles. The maximum Gasteiger partial charge on any atom is 0.326 e. The molecule has 0 bridgehead atoms. The molecule has 0 spiro atoms. The van der Waals surface area contributed by atoms with Crippen molar-refractivity contribution in [3.63, 3.8) is 0 Å². The van der Waals surface area contributed by atoms with Crippen molar-refractivity contribution < 1.29 is 19.5 Å². The van der Waals surface area contributed by atoms with Crippen molar-refractivity contribution in [2.45, 2.75) is 44.3 Å². The lowest BCUT2D eigenvalue weighted by atomic mass is 10.1. The van der Waals surface area contributed by atoms with Gasteiger partial charge in [-0.1, -0.05) is 0 Å². The molecule has 0 saturated carbocycles. The van der Waals surface area contributed by atoms with Crippen LogP contribution in [0.1, 0.15) is 26.2 Å². The molecule has 0 rings (SSSR count). The van der Waals surface area contributed by atoms with Gasteiger partial charge >= 0.3 is 5.97 Å². The van der Waals surface area contributed by atoms with Gasteiger partial charge < -0.3 is 32.9 Å². The van der Waals surface area contributed by atoms with Crippen LogP contribution in [-0.2, 0) is 14.4 Å². The minimum Gasteiger partial charge on any atom is -0.480 e. The van der Waals surface area contributed by atoms with Gasteiger partial charge in [0.05, 0.1) is 6.04 Å². The first-order valence-corrected chi connectivity index (χ1v) is 9.21. The number of amides is 2. The molecule has 0 radical (unpaired) electrons. The highest BCUT2D eigenvalue weighted by Gasteiger charge is 2.26. The summed E-state index contributed by atoms with van der Waals surface area (Å²) in [6.45, 7) is 1.77. The SMILES string of the molecule is CSCCC(NC(=O)C(C)N)C(=O)NC(CCCN=C(N)N)C(=O)O. The maximum atomic E-state index is 12.4. The Balaban J connectivity index is 4.79. The lowest BCUT2D eigenvalue weighted by molar-refractivity contribution is -0.142. The summed E-state index contributed by atoms with van der Waals surface area (Å²) in [5.74, 6) is -1.65. The molecule has 0 aliphatic rings. The lowest BCUT2D eigenvalue weighted by Crippen LogP contribution is -2.54. The van der Waals surface area contributed by atoms with Crippen molar-refractivity contribution in [2.75, 3.05) is 18.6 Å². The summed E-state index contributed by atoms with van der Waals surface area (Å²) in [7, 11) is 0. The predicted octanol–water partition coefficient (Wildman–Crippen LogP) is -1.81. The Bertz CT molecular complexity index is 482. The van der Waals surface area contributed by atoms with Gasteiger partial charge in [0.2, 0.25) is 11.8 Å². The molecule has 2 amide bonds. The summed E-state index contributed by atoms with van der Waals surface area (Å²) in [5.41, 5.74) is 15.9. The third kappa shape index (κ3) is 10.5. The number of nitrogens with zero attached hydrogens (tertiary/aromatic N) is 1. The van der Waals surface area contributed by atoms with Crippen molar-refractivity contribution >= 4 is 35.5 Å². The number of nitrogens with one attached hydrogen (secondary N) is 2. The molecule has 3 unspecified atom stereocenters. The van der Waals surface area contributed by atoms with Crippen molar-refractivity contribution in [3.8, 4) is 0 Å². The molecule has 11 heteroatoms. The second-order valence-corrected chi connectivity index (χ2v) is 6.47. The summed E-state index contributed by atoms with van der Waals surface area (Å²) in [6.07, 6.45) is 2.78. The zero-order chi connectivity index (χ0) is 19.4. The molecular formula is C14H28N6O4S. The van der Waals surface area contributed by atoms with Gasteiger partial charge in [0.15, 0.2) is 5.96 Å². The Morgan fingerprint density at radius 2 is 1.72 bits per heavy atom. The highest BCUT2D eigenvalue weighted by atomic mass is 32.2. The van der Waals surface area contributed by atoms with E-state index in [-0.39, 0.29) is 18.9 Å². The molecule has 10 nitrogen and oxygen atoms in total. The average molecular weight is 376 g/mol. The molecule has 3 atom stereocenters. The first-order valence-electron chi connectivity index (χ1n) is 7.82. The molecule has 0 aliphatic carbocycles. The van der Waals surface area contributed by atoms with Crippen LogP contribution in [0.15, 0.2) is 4.99 Å². The van der Waals surface area contributed by atoms with Gasteiger partial charge in [-0.3, -0.25) is 14.6 Å². The Hall–Kier alpha value is -2.01. The highest BCUT2D eigenvalue weighted by molar-refractivity contribution is 7.98. The van der Waals surface area contributed by atoms with Crippen LogP contribution in [0.25, 0.3) is 0 Å². The van der Waals surface area contributed by atoms with E-state index in [2.05, 4.69) is 15.6 Å². The number of hydrogen-bond donors (Lipinski definition) is 6. The number of carboxylic acid groups (broad SMARTS) is 1. The number of carboxylic acids is 1. The summed E-state index contributed by atoms with van der Waals surface area (Å²) in [6, 6.07) is -2.70. The quantitative estimate of drug-likeness (QED) is 0.131. The molecule has 144 valence electrons. The highest BCUT2D eigenvalue weighted by Crippen LogP contribution is 2.04. The first-order chi connectivity index (χ1) is 11.7. The van der Waals surface area contributed by atoms with E-state index in [1.807, 2.05) is 6.26 Å². The van der Waals surface area contributed by atoms with Crippen LogP contribution in [-0.4, -0.2) is 65.5 Å². The first kappa shape index (κ1) is 23.0. The second-order valence-electron chi connectivity index (χ2n) is 5.48. The van der Waals surface area contributed by atoms with Crippen molar-refractivity contribution in [1.29, 1.82) is 0 Å². The molecule has 0 aliphatic heterocycles. The van der Waals surface area contributed by atoms with Crippen LogP contribution in [0.3, 0.4) is 0 Å². The van der Waals surface area contributed by atoms with E-state index in [4.69, 9.17) is 17.2 Å². The number of nitrogens with two attached hydrogens (primary N) is 3. The van der Waals surface area contributed by atoms with Crippen LogP contribution in [0, 0.1) is 0 Å². The number of hydrogen-bond acceptors (Lipinski definition) is 6. The van der Waals surface area contributed by atoms with Crippen molar-refractivity contribution in [1.82, 2.24) is 10.6 Å². The molecule has 0 aromatic carbocycles. The molecule has 0 aromatic rings. The fraction of sp³-hybridized carbons (Fsp3) is 0.714. The van der Waals surface area contributed by atoms with Crippen molar-refractivity contribution in [2.24, 2.45) is 22.2 Å². The largest absolute Gasteiger partial charge is 0.480 e. The number of thioether (sulfide) groups is 1. The minimum absolute atomic E-state index is 0.0772. The van der Waals surface area contributed by atoms with Crippen LogP contribution in [0.4, 0.5) is 0 Å². The van der Waals surface area contributed by atoms with Crippen LogP contribution < -0.4 is 27.8 Å². The average Bonchev–Trinajstić information content (AvgIpc) is 2.53. The van der Waals surface area contributed by atoms with Gasteiger partial charge in [0.25, 0.3) is 0 Å². The summed E-state index contributed by atoms with van der Waals surface area (Å²) in [5, 5.41) is 14.2. The Morgan fingerprint density at radius 1 is 1.12 bits per heavy atom. The number of guanidine groups is 1. The van der Waals surface area contributed by atoms with E-state index in [1.165, 1.54) is 18.7 Å². The third-order valence-corrected chi connectivity index (χ3v) is 3.86. The fourth-order valence-electron chi connectivity index (χ4n) is 1.84. The zero-order valence-corrected chi connectivity index (χ0v) is 15.3. The molecule has 0 heterocycles. The van der Waals surface area contributed by atoms with E-state index in [0.29, 0.717) is 18.6 Å². The Kier molecular flexibility index (Phi) is 11.4. The molecular weight excluding hydrogens is 348 g/mol. The van der Waals surface area contributed by atoms with Gasteiger partial charge in [-0.25, -0.2) is 4.79 Å². The summed E-state index contributed by atoms with van der Waals surface area (Å²) >= 11 is 1.51. The lowest BCUT2D eigenvalue weighted by Gasteiger charge is -2.22. The van der Waals surface area contributed by atoms with E-state index >= 15 is 0 Å². The molecule has 0 saturated heterocycles. The van der Waals surface area contributed by atoms with E-state index in [9.17, 15) is 19.5 Å². The van der Waals surface area contributed by atoms with Crippen LogP contribution >= 0.6 is 11.8 Å². The topological polar surface area (TPSA) is 186 Å². The van der Waals surface area contributed by atoms with Gasteiger partial charge in [-0.2, -0.15) is 11.8 Å². The van der Waals surface area contributed by atoms with Gasteiger partial charge in [-0.15, -0.1) is 0 Å². The number of carbonyl (C=O) groups is 3. The summed E-state index contributed by atoms with van der Waals surface area (Å²) in [4.78, 5) is 39.2. The number of aliphatic carboxylic acids is 1.